The molecule has 2 heterocycles. The second-order valence-electron chi connectivity index (χ2n) is 3.92. The number of rotatable bonds is 3. The van der Waals surface area contributed by atoms with Gasteiger partial charge in [0.1, 0.15) is 6.10 Å². The number of nitrogens with one attached hydrogen (secondary N) is 1. The predicted octanol–water partition coefficient (Wildman–Crippen LogP) is 0.924. The van der Waals surface area contributed by atoms with Crippen LogP contribution in [0.1, 0.15) is 18.5 Å². The van der Waals surface area contributed by atoms with Crippen LogP contribution in [-0.4, -0.2) is 36.3 Å². The number of aryl methyl sites for hydroxylation is 1. The molecule has 5 nitrogen and oxygen atoms in total. The molecule has 0 spiro atoms. The Labute approximate surface area is 95.2 Å². The summed E-state index contributed by atoms with van der Waals surface area (Å²) in [5, 5.41) is 3.29. The van der Waals surface area contributed by atoms with Crippen molar-refractivity contribution in [3.05, 3.63) is 11.8 Å². The fourth-order valence-electron chi connectivity index (χ4n) is 1.74. The molecule has 0 aromatic carbocycles. The van der Waals surface area contributed by atoms with E-state index in [0.29, 0.717) is 11.9 Å². The highest BCUT2D eigenvalue weighted by Gasteiger charge is 2.16. The van der Waals surface area contributed by atoms with Gasteiger partial charge in [-0.3, -0.25) is 0 Å². The number of hydrogen-bond acceptors (Lipinski definition) is 5. The Balaban J connectivity index is 2.04. The van der Waals surface area contributed by atoms with E-state index in [1.54, 1.807) is 13.2 Å². The molecule has 1 atom stereocenters. The summed E-state index contributed by atoms with van der Waals surface area (Å²) in [6.45, 7) is 3.83. The summed E-state index contributed by atoms with van der Waals surface area (Å²) in [5.41, 5.74) is 0.852. The first-order valence-corrected chi connectivity index (χ1v) is 5.55. The Kier molecular flexibility index (Phi) is 3.56. The van der Waals surface area contributed by atoms with E-state index in [-0.39, 0.29) is 6.10 Å². The average molecular weight is 223 g/mol. The first kappa shape index (κ1) is 11.1. The number of methoxy groups -OCH3 is 1. The Morgan fingerprint density at radius 3 is 3.00 bits per heavy atom. The lowest BCUT2D eigenvalue weighted by Crippen LogP contribution is -2.37. The summed E-state index contributed by atoms with van der Waals surface area (Å²) in [6, 6.07) is 2.19. The van der Waals surface area contributed by atoms with Gasteiger partial charge in [0.15, 0.2) is 0 Å². The van der Waals surface area contributed by atoms with Gasteiger partial charge in [0.2, 0.25) is 5.88 Å². The monoisotopic (exact) mass is 223 g/mol. The molecule has 0 unspecified atom stereocenters. The predicted molar refractivity (Wildman–Crippen MR) is 59.8 cm³/mol. The van der Waals surface area contributed by atoms with E-state index in [4.69, 9.17) is 9.47 Å². The summed E-state index contributed by atoms with van der Waals surface area (Å²) in [6.07, 6.45) is 2.35. The molecule has 1 aromatic heterocycles. The van der Waals surface area contributed by atoms with Crippen molar-refractivity contribution in [3.8, 4) is 11.9 Å². The SMILES string of the molecule is COc1cc(C)nc(O[C@H]2CCCNC2)n1. The molecule has 1 aromatic rings. The van der Waals surface area contributed by atoms with Crippen molar-refractivity contribution in [2.75, 3.05) is 20.2 Å². The van der Waals surface area contributed by atoms with Gasteiger partial charge in [0.05, 0.1) is 7.11 Å². The number of piperidine rings is 1. The van der Waals surface area contributed by atoms with Crippen molar-refractivity contribution < 1.29 is 9.47 Å². The van der Waals surface area contributed by atoms with E-state index in [1.807, 2.05) is 6.92 Å². The number of hydrogen-bond donors (Lipinski definition) is 1. The van der Waals surface area contributed by atoms with Crippen molar-refractivity contribution >= 4 is 0 Å². The largest absolute Gasteiger partial charge is 0.481 e. The molecule has 0 aliphatic carbocycles. The molecule has 16 heavy (non-hydrogen) atoms. The van der Waals surface area contributed by atoms with Crippen molar-refractivity contribution in [3.63, 3.8) is 0 Å². The fourth-order valence-corrected chi connectivity index (χ4v) is 1.74. The van der Waals surface area contributed by atoms with Crippen molar-refractivity contribution in [1.82, 2.24) is 15.3 Å². The molecule has 1 saturated heterocycles. The molecule has 5 heteroatoms. The number of ether oxygens (including phenoxy) is 2. The van der Waals surface area contributed by atoms with Crippen molar-refractivity contribution in [2.45, 2.75) is 25.9 Å². The fraction of sp³-hybridized carbons (Fsp3) is 0.636. The van der Waals surface area contributed by atoms with Crippen LogP contribution in [0.2, 0.25) is 0 Å². The summed E-state index contributed by atoms with van der Waals surface area (Å²) < 4.78 is 10.8. The maximum atomic E-state index is 5.71. The summed E-state index contributed by atoms with van der Waals surface area (Å²) >= 11 is 0. The zero-order valence-electron chi connectivity index (χ0n) is 9.69. The molecular formula is C11H17N3O2. The van der Waals surface area contributed by atoms with Crippen LogP contribution in [0.3, 0.4) is 0 Å². The number of aromatic nitrogens is 2. The molecule has 2 rings (SSSR count). The molecule has 1 fully saturated rings. The highest BCUT2D eigenvalue weighted by molar-refractivity contribution is 5.17. The zero-order valence-corrected chi connectivity index (χ0v) is 9.69. The third-order valence-corrected chi connectivity index (χ3v) is 2.54. The van der Waals surface area contributed by atoms with Gasteiger partial charge in [-0.25, -0.2) is 4.98 Å². The van der Waals surface area contributed by atoms with Crippen LogP contribution >= 0.6 is 0 Å². The number of nitrogens with zero attached hydrogens (tertiary/aromatic N) is 2. The van der Waals surface area contributed by atoms with Gasteiger partial charge in [0, 0.05) is 18.3 Å². The van der Waals surface area contributed by atoms with E-state index in [1.165, 1.54) is 0 Å². The van der Waals surface area contributed by atoms with Crippen LogP contribution in [0.25, 0.3) is 0 Å². The minimum absolute atomic E-state index is 0.167. The van der Waals surface area contributed by atoms with E-state index >= 15 is 0 Å². The lowest BCUT2D eigenvalue weighted by Gasteiger charge is -2.22. The third-order valence-electron chi connectivity index (χ3n) is 2.54. The van der Waals surface area contributed by atoms with E-state index in [2.05, 4.69) is 15.3 Å². The van der Waals surface area contributed by atoms with Gasteiger partial charge >= 0.3 is 6.01 Å². The third kappa shape index (κ3) is 2.82. The van der Waals surface area contributed by atoms with E-state index in [0.717, 1.165) is 31.6 Å². The Bertz CT molecular complexity index is 351. The average Bonchev–Trinajstić information content (AvgIpc) is 2.29. The molecule has 1 N–H and O–H groups in total. The summed E-state index contributed by atoms with van der Waals surface area (Å²) in [4.78, 5) is 8.40. The molecule has 1 aliphatic heterocycles. The summed E-state index contributed by atoms with van der Waals surface area (Å²) in [7, 11) is 1.59. The van der Waals surface area contributed by atoms with Crippen molar-refractivity contribution in [2.24, 2.45) is 0 Å². The van der Waals surface area contributed by atoms with Crippen LogP contribution in [0, 0.1) is 6.92 Å². The van der Waals surface area contributed by atoms with Crippen LogP contribution in [0.5, 0.6) is 11.9 Å². The molecule has 88 valence electrons. The zero-order chi connectivity index (χ0) is 11.4. The van der Waals surface area contributed by atoms with Crippen LogP contribution in [-0.2, 0) is 0 Å². The lowest BCUT2D eigenvalue weighted by atomic mass is 10.1. The summed E-state index contributed by atoms with van der Waals surface area (Å²) in [5.74, 6) is 0.547. The van der Waals surface area contributed by atoms with Crippen LogP contribution < -0.4 is 14.8 Å². The Morgan fingerprint density at radius 2 is 2.31 bits per heavy atom. The van der Waals surface area contributed by atoms with Gasteiger partial charge in [-0.15, -0.1) is 0 Å². The molecule has 1 aliphatic rings. The highest BCUT2D eigenvalue weighted by atomic mass is 16.5. The van der Waals surface area contributed by atoms with Gasteiger partial charge in [-0.05, 0) is 26.3 Å². The second kappa shape index (κ2) is 5.12. The first-order chi connectivity index (χ1) is 7.78. The maximum absolute atomic E-state index is 5.71. The molecule has 0 saturated carbocycles. The topological polar surface area (TPSA) is 56.3 Å². The van der Waals surface area contributed by atoms with Gasteiger partial charge < -0.3 is 14.8 Å². The Morgan fingerprint density at radius 1 is 1.44 bits per heavy atom. The Hall–Kier alpha value is -1.36. The minimum Gasteiger partial charge on any atom is -0.481 e. The minimum atomic E-state index is 0.167. The van der Waals surface area contributed by atoms with Crippen LogP contribution in [0.15, 0.2) is 6.07 Å². The van der Waals surface area contributed by atoms with Crippen LogP contribution in [0.4, 0.5) is 0 Å². The lowest BCUT2D eigenvalue weighted by molar-refractivity contribution is 0.151. The normalized spacial score (nSPS) is 20.5. The molecule has 0 amide bonds. The smallest absolute Gasteiger partial charge is 0.320 e. The molecule has 0 radical (unpaired) electrons. The highest BCUT2D eigenvalue weighted by Crippen LogP contribution is 2.16. The standard InChI is InChI=1S/C11H17N3O2/c1-8-6-10(15-2)14-11(13-8)16-9-4-3-5-12-7-9/h6,9,12H,3-5,7H2,1-2H3/t9-/m0/s1. The van der Waals surface area contributed by atoms with E-state index < -0.39 is 0 Å². The molecular weight excluding hydrogens is 206 g/mol. The van der Waals surface area contributed by atoms with Gasteiger partial charge in [-0.1, -0.05) is 0 Å². The second-order valence-corrected chi connectivity index (χ2v) is 3.92. The van der Waals surface area contributed by atoms with E-state index in [9.17, 15) is 0 Å². The van der Waals surface area contributed by atoms with Crippen molar-refractivity contribution in [1.29, 1.82) is 0 Å². The maximum Gasteiger partial charge on any atom is 0.320 e. The van der Waals surface area contributed by atoms with Gasteiger partial charge in [0.25, 0.3) is 0 Å². The molecule has 0 bridgehead atoms. The van der Waals surface area contributed by atoms with Gasteiger partial charge in [-0.2, -0.15) is 4.98 Å². The quantitative estimate of drug-likeness (QED) is 0.826. The first-order valence-electron chi connectivity index (χ1n) is 5.55.